The number of amides is 1. The third-order valence-corrected chi connectivity index (χ3v) is 4.93. The summed E-state index contributed by atoms with van der Waals surface area (Å²) in [5, 5.41) is 0. The Balaban J connectivity index is 2.25. The SMILES string of the molecule is CC1CS(=O)(=O)CCN1C(=O)c1cnccc1NN. The lowest BCUT2D eigenvalue weighted by molar-refractivity contribution is 0.0713. The van der Waals surface area contributed by atoms with Crippen molar-refractivity contribution in [3.8, 4) is 0 Å². The van der Waals surface area contributed by atoms with Crippen LogP contribution >= 0.6 is 0 Å². The summed E-state index contributed by atoms with van der Waals surface area (Å²) in [6.07, 6.45) is 2.95. The maximum absolute atomic E-state index is 12.4. The molecule has 8 heteroatoms. The summed E-state index contributed by atoms with van der Waals surface area (Å²) in [5.74, 6) is 5.08. The second kappa shape index (κ2) is 5.14. The number of nitrogens with zero attached hydrogens (tertiary/aromatic N) is 2. The highest BCUT2D eigenvalue weighted by atomic mass is 32.2. The van der Waals surface area contributed by atoms with Crippen molar-refractivity contribution in [3.05, 3.63) is 24.0 Å². The molecule has 2 heterocycles. The van der Waals surface area contributed by atoms with Crippen molar-refractivity contribution in [2.24, 2.45) is 5.84 Å². The molecule has 1 aliphatic rings. The molecule has 0 radical (unpaired) electrons. The number of hydrazine groups is 1. The lowest BCUT2D eigenvalue weighted by Gasteiger charge is -2.33. The maximum Gasteiger partial charge on any atom is 0.257 e. The van der Waals surface area contributed by atoms with E-state index in [1.165, 1.54) is 12.4 Å². The van der Waals surface area contributed by atoms with Gasteiger partial charge in [-0.05, 0) is 13.0 Å². The van der Waals surface area contributed by atoms with Gasteiger partial charge in [-0.2, -0.15) is 0 Å². The molecule has 1 atom stereocenters. The predicted molar refractivity (Wildman–Crippen MR) is 71.2 cm³/mol. The Hall–Kier alpha value is -1.67. The average molecular weight is 284 g/mol. The van der Waals surface area contributed by atoms with Crippen LogP contribution in [0.25, 0.3) is 0 Å². The summed E-state index contributed by atoms with van der Waals surface area (Å²) in [7, 11) is -3.05. The number of anilines is 1. The van der Waals surface area contributed by atoms with E-state index in [1.54, 1.807) is 17.9 Å². The van der Waals surface area contributed by atoms with Crippen LogP contribution in [0.3, 0.4) is 0 Å². The normalized spacial score (nSPS) is 22.0. The van der Waals surface area contributed by atoms with Crippen LogP contribution in [0, 0.1) is 0 Å². The van der Waals surface area contributed by atoms with E-state index in [-0.39, 0.29) is 30.0 Å². The van der Waals surface area contributed by atoms with Gasteiger partial charge in [0.15, 0.2) is 9.84 Å². The molecule has 1 aromatic heterocycles. The Labute approximate surface area is 111 Å². The molecule has 3 N–H and O–H groups in total. The third-order valence-electron chi connectivity index (χ3n) is 3.14. The molecule has 2 rings (SSSR count). The highest BCUT2D eigenvalue weighted by molar-refractivity contribution is 7.91. The molecule has 0 saturated carbocycles. The fourth-order valence-corrected chi connectivity index (χ4v) is 3.70. The van der Waals surface area contributed by atoms with Crippen LogP contribution < -0.4 is 11.3 Å². The number of nitrogen functional groups attached to an aromatic ring is 1. The van der Waals surface area contributed by atoms with Gasteiger partial charge in [-0.3, -0.25) is 15.6 Å². The first-order valence-electron chi connectivity index (χ1n) is 5.86. The molecule has 104 valence electrons. The number of carbonyl (C=O) groups is 1. The molecule has 1 aromatic rings. The number of hydrogen-bond donors (Lipinski definition) is 2. The van der Waals surface area contributed by atoms with Crippen LogP contribution in [0.5, 0.6) is 0 Å². The van der Waals surface area contributed by atoms with Gasteiger partial charge < -0.3 is 10.3 Å². The Bertz CT molecular complexity index is 587. The van der Waals surface area contributed by atoms with Crippen LogP contribution in [-0.4, -0.2) is 48.3 Å². The lowest BCUT2D eigenvalue weighted by atomic mass is 10.2. The first-order valence-corrected chi connectivity index (χ1v) is 7.69. The largest absolute Gasteiger partial charge is 0.334 e. The molecule has 1 fully saturated rings. The molecule has 1 amide bonds. The van der Waals surface area contributed by atoms with Crippen molar-refractivity contribution in [3.63, 3.8) is 0 Å². The number of hydrogen-bond acceptors (Lipinski definition) is 6. The molecule has 0 aliphatic carbocycles. The van der Waals surface area contributed by atoms with Crippen molar-refractivity contribution in [2.45, 2.75) is 13.0 Å². The van der Waals surface area contributed by atoms with Crippen molar-refractivity contribution in [1.82, 2.24) is 9.88 Å². The number of nitrogens with two attached hydrogens (primary N) is 1. The van der Waals surface area contributed by atoms with E-state index in [0.717, 1.165) is 0 Å². The number of aromatic nitrogens is 1. The number of sulfone groups is 1. The van der Waals surface area contributed by atoms with Gasteiger partial charge in [0.05, 0.1) is 22.8 Å². The van der Waals surface area contributed by atoms with E-state index in [9.17, 15) is 13.2 Å². The average Bonchev–Trinajstić information content (AvgIpc) is 2.37. The molecular weight excluding hydrogens is 268 g/mol. The van der Waals surface area contributed by atoms with Crippen LogP contribution in [0.4, 0.5) is 5.69 Å². The van der Waals surface area contributed by atoms with Gasteiger partial charge in [-0.15, -0.1) is 0 Å². The van der Waals surface area contributed by atoms with Gasteiger partial charge in [-0.25, -0.2) is 8.42 Å². The van der Waals surface area contributed by atoms with Crippen LogP contribution in [-0.2, 0) is 9.84 Å². The zero-order valence-corrected chi connectivity index (χ0v) is 11.4. The van der Waals surface area contributed by atoms with Gasteiger partial charge in [-0.1, -0.05) is 0 Å². The van der Waals surface area contributed by atoms with Crippen molar-refractivity contribution in [1.29, 1.82) is 0 Å². The van der Waals surface area contributed by atoms with Gasteiger partial charge in [0.25, 0.3) is 5.91 Å². The predicted octanol–water partition coefficient (Wildman–Crippen LogP) is -0.374. The number of rotatable bonds is 2. The second-order valence-corrected chi connectivity index (χ2v) is 6.76. The summed E-state index contributed by atoms with van der Waals surface area (Å²) in [6.45, 7) is 1.92. The first-order chi connectivity index (χ1) is 8.94. The standard InChI is InChI=1S/C11H16N4O3S/c1-8-7-19(17,18)5-4-15(8)11(16)9-6-13-3-2-10(9)14-12/h2-3,6,8H,4-5,7,12H2,1H3,(H,13,14). The van der Waals surface area contributed by atoms with Crippen LogP contribution in [0.2, 0.25) is 0 Å². The van der Waals surface area contributed by atoms with Gasteiger partial charge in [0.2, 0.25) is 0 Å². The summed E-state index contributed by atoms with van der Waals surface area (Å²) < 4.78 is 23.0. The summed E-state index contributed by atoms with van der Waals surface area (Å²) >= 11 is 0. The molecule has 7 nitrogen and oxygen atoms in total. The van der Waals surface area contributed by atoms with Crippen LogP contribution in [0.15, 0.2) is 18.5 Å². The van der Waals surface area contributed by atoms with E-state index in [1.807, 2.05) is 0 Å². The first kappa shape index (κ1) is 13.8. The zero-order chi connectivity index (χ0) is 14.0. The fraction of sp³-hybridized carbons (Fsp3) is 0.455. The summed E-state index contributed by atoms with van der Waals surface area (Å²) in [6, 6.07) is 1.25. The van der Waals surface area contributed by atoms with Gasteiger partial charge in [0, 0.05) is 25.0 Å². The van der Waals surface area contributed by atoms with E-state index >= 15 is 0 Å². The summed E-state index contributed by atoms with van der Waals surface area (Å²) in [4.78, 5) is 17.8. The highest BCUT2D eigenvalue weighted by Crippen LogP contribution is 2.19. The molecular formula is C11H16N4O3S. The van der Waals surface area contributed by atoms with Crippen molar-refractivity contribution >= 4 is 21.4 Å². The molecule has 1 saturated heterocycles. The minimum atomic E-state index is -3.05. The van der Waals surface area contributed by atoms with E-state index in [0.29, 0.717) is 11.3 Å². The molecule has 0 bridgehead atoms. The third kappa shape index (κ3) is 2.85. The Morgan fingerprint density at radius 3 is 2.95 bits per heavy atom. The minimum absolute atomic E-state index is 0.00523. The second-order valence-electron chi connectivity index (χ2n) is 4.53. The fourth-order valence-electron chi connectivity index (χ4n) is 2.15. The van der Waals surface area contributed by atoms with Gasteiger partial charge in [0.1, 0.15) is 0 Å². The van der Waals surface area contributed by atoms with Crippen LogP contribution in [0.1, 0.15) is 17.3 Å². The topological polar surface area (TPSA) is 105 Å². The lowest BCUT2D eigenvalue weighted by Crippen LogP contribution is -2.49. The minimum Gasteiger partial charge on any atom is -0.334 e. The van der Waals surface area contributed by atoms with E-state index in [2.05, 4.69) is 10.4 Å². The van der Waals surface area contributed by atoms with Gasteiger partial charge >= 0.3 is 0 Å². The smallest absolute Gasteiger partial charge is 0.257 e. The number of carbonyl (C=O) groups excluding carboxylic acids is 1. The highest BCUT2D eigenvalue weighted by Gasteiger charge is 2.32. The van der Waals surface area contributed by atoms with E-state index in [4.69, 9.17) is 5.84 Å². The molecule has 0 spiro atoms. The quantitative estimate of drug-likeness (QED) is 0.567. The Morgan fingerprint density at radius 1 is 1.58 bits per heavy atom. The van der Waals surface area contributed by atoms with Crippen molar-refractivity contribution < 1.29 is 13.2 Å². The monoisotopic (exact) mass is 284 g/mol. The zero-order valence-electron chi connectivity index (χ0n) is 10.5. The maximum atomic E-state index is 12.4. The molecule has 0 aromatic carbocycles. The molecule has 1 aliphatic heterocycles. The number of nitrogens with one attached hydrogen (secondary N) is 1. The summed E-state index contributed by atoms with van der Waals surface area (Å²) in [5.41, 5.74) is 3.26. The molecule has 1 unspecified atom stereocenters. The molecule has 19 heavy (non-hydrogen) atoms. The Morgan fingerprint density at radius 2 is 2.32 bits per heavy atom. The number of pyridine rings is 1. The van der Waals surface area contributed by atoms with E-state index < -0.39 is 9.84 Å². The van der Waals surface area contributed by atoms with Crippen molar-refractivity contribution in [2.75, 3.05) is 23.5 Å². The Kier molecular flexibility index (Phi) is 3.72.